The Morgan fingerprint density at radius 1 is 0.941 bits per heavy atom. The number of nitrogens with two attached hydrogens (primary N) is 1. The summed E-state index contributed by atoms with van der Waals surface area (Å²) in [7, 11) is 1.98. The van der Waals surface area contributed by atoms with Gasteiger partial charge >= 0.3 is 6.03 Å². The highest BCUT2D eigenvalue weighted by Gasteiger charge is 2.43. The van der Waals surface area contributed by atoms with Crippen molar-refractivity contribution in [2.24, 2.45) is 22.5 Å². The van der Waals surface area contributed by atoms with Gasteiger partial charge in [0.1, 0.15) is 12.1 Å². The maximum absolute atomic E-state index is 14.0. The fourth-order valence-corrected chi connectivity index (χ4v) is 7.32. The van der Waals surface area contributed by atoms with Gasteiger partial charge in [-0.1, -0.05) is 115 Å². The summed E-state index contributed by atoms with van der Waals surface area (Å²) in [5, 5.41) is 10.8. The van der Waals surface area contributed by atoms with Crippen LogP contribution in [-0.2, 0) is 19.2 Å². The predicted octanol–water partition coefficient (Wildman–Crippen LogP) is 7.00. The molecule has 4 atom stereocenters. The molecule has 0 radical (unpaired) electrons. The van der Waals surface area contributed by atoms with Gasteiger partial charge in [0.15, 0.2) is 0 Å². The zero-order valence-electron chi connectivity index (χ0n) is 33.8. The van der Waals surface area contributed by atoms with Crippen LogP contribution in [0.5, 0.6) is 0 Å². The highest BCUT2D eigenvalue weighted by atomic mass is 32.2. The Labute approximate surface area is 317 Å². The molecule has 0 bridgehead atoms. The van der Waals surface area contributed by atoms with Crippen molar-refractivity contribution in [3.05, 3.63) is 17.5 Å². The first kappa shape index (κ1) is 48.4. The topological polar surface area (TPSA) is 154 Å². The summed E-state index contributed by atoms with van der Waals surface area (Å²) in [6, 6.07) is 0.640. The van der Waals surface area contributed by atoms with Gasteiger partial charge in [-0.25, -0.2) is 9.10 Å². The van der Waals surface area contributed by atoms with Crippen LogP contribution in [0.15, 0.2) is 21.7 Å². The van der Waals surface area contributed by atoms with E-state index in [4.69, 9.17) is 5.73 Å². The van der Waals surface area contributed by atoms with E-state index >= 15 is 0 Å². The minimum Gasteiger partial charge on any atom is -0.363 e. The highest BCUT2D eigenvalue weighted by Crippen LogP contribution is 2.32. The molecule has 1 aliphatic carbocycles. The van der Waals surface area contributed by atoms with Crippen molar-refractivity contribution in [2.45, 2.75) is 156 Å². The van der Waals surface area contributed by atoms with Crippen LogP contribution in [0, 0.1) is 16.7 Å². The number of rotatable bonds is 13. The number of ketones is 1. The molecule has 2 aliphatic rings. The van der Waals surface area contributed by atoms with E-state index in [2.05, 4.69) is 54.9 Å². The number of likely N-dealkylation sites (N-methyl/N-ethyl adjacent to an activating group) is 1. The summed E-state index contributed by atoms with van der Waals surface area (Å²) in [5.74, 6) is -2.49. The summed E-state index contributed by atoms with van der Waals surface area (Å²) in [5.41, 5.74) is 4.35. The molecule has 4 unspecified atom stereocenters. The Morgan fingerprint density at radius 2 is 1.53 bits per heavy atom. The number of urea groups is 1. The van der Waals surface area contributed by atoms with Crippen molar-refractivity contribution < 1.29 is 24.0 Å². The molecular formula is C38H70N6O5S2. The number of carbonyl (C=O) groups is 5. The van der Waals surface area contributed by atoms with E-state index in [0.29, 0.717) is 32.4 Å². The Bertz CT molecular complexity index is 1190. The molecule has 1 aromatic heterocycles. The quantitative estimate of drug-likeness (QED) is 0.125. The molecule has 1 saturated heterocycles. The number of amides is 5. The van der Waals surface area contributed by atoms with Crippen LogP contribution in [0.4, 0.5) is 4.79 Å². The largest absolute Gasteiger partial charge is 0.363 e. The maximum Gasteiger partial charge on any atom is 0.315 e. The summed E-state index contributed by atoms with van der Waals surface area (Å²) >= 11 is 3.27. The normalized spacial score (nSPS) is 17.5. The second-order valence-electron chi connectivity index (χ2n) is 14.9. The number of carbonyl (C=O) groups excluding carboxylic acids is 5. The molecule has 1 aliphatic heterocycles. The second kappa shape index (κ2) is 23.8. The summed E-state index contributed by atoms with van der Waals surface area (Å²) in [4.78, 5) is 66.6. The Hall–Kier alpha value is -2.64. The SMILES string of the molecule is CC.CC.CCC.CN(CC(NC(=O)NC(C(=O)N1CCCC1C(=O)NC(CC1CCC1)C(=O)C(N)=O)C(C)(C)C)C(C)(C)C)Sc1cccs1. The lowest BCUT2D eigenvalue weighted by Crippen LogP contribution is -2.61. The number of hydrogen-bond donors (Lipinski definition) is 4. The number of hydrogen-bond acceptors (Lipinski definition) is 8. The van der Waals surface area contributed by atoms with Gasteiger partial charge in [-0.15, -0.1) is 11.3 Å². The van der Waals surface area contributed by atoms with E-state index in [0.717, 1.165) is 23.5 Å². The van der Waals surface area contributed by atoms with Gasteiger partial charge in [0.05, 0.1) is 10.3 Å². The fraction of sp³-hybridized carbons (Fsp3) is 0.763. The lowest BCUT2D eigenvalue weighted by atomic mass is 9.80. The molecule has 51 heavy (non-hydrogen) atoms. The van der Waals surface area contributed by atoms with E-state index < -0.39 is 47.2 Å². The highest BCUT2D eigenvalue weighted by molar-refractivity contribution is 7.98. The molecule has 2 heterocycles. The van der Waals surface area contributed by atoms with Crippen molar-refractivity contribution in [1.29, 1.82) is 0 Å². The monoisotopic (exact) mass is 754 g/mol. The number of nitrogens with one attached hydrogen (secondary N) is 3. The number of likely N-dealkylation sites (tertiary alicyclic amines) is 1. The summed E-state index contributed by atoms with van der Waals surface area (Å²) in [6.45, 7) is 25.0. The average Bonchev–Trinajstić information content (AvgIpc) is 3.74. The molecule has 3 rings (SSSR count). The molecule has 13 heteroatoms. The van der Waals surface area contributed by atoms with Crippen LogP contribution in [0.2, 0.25) is 0 Å². The van der Waals surface area contributed by atoms with Crippen LogP contribution in [0.25, 0.3) is 0 Å². The van der Waals surface area contributed by atoms with Crippen LogP contribution >= 0.6 is 23.3 Å². The van der Waals surface area contributed by atoms with Gasteiger partial charge in [0.2, 0.25) is 17.6 Å². The van der Waals surface area contributed by atoms with Crippen LogP contribution in [0.3, 0.4) is 0 Å². The van der Waals surface area contributed by atoms with Crippen molar-refractivity contribution in [2.75, 3.05) is 20.1 Å². The van der Waals surface area contributed by atoms with Crippen molar-refractivity contribution >= 4 is 52.8 Å². The molecule has 2 fully saturated rings. The number of Topliss-reactive ketones (excluding diaryl/α,β-unsaturated/α-hetero) is 1. The van der Waals surface area contributed by atoms with Gasteiger partial charge in [-0.05, 0) is 66.5 Å². The van der Waals surface area contributed by atoms with E-state index in [1.54, 1.807) is 23.3 Å². The number of primary amides is 1. The molecule has 5 amide bonds. The maximum atomic E-state index is 14.0. The standard InChI is InChI=1S/C31H50N6O5S2.C3H8.2C2H6/c1-30(2,3)22(18-36(7)44-23-14-10-16-43-23)34-29(42)35-25(31(4,5)6)28(41)37-15-9-13-21(37)27(40)33-20(24(38)26(32)39)17-19-11-8-12-19;1-3-2;2*1-2/h10,14,16,19-22,25H,8-9,11-13,15,17-18H2,1-7H3,(H2,32,39)(H,33,40)(H2,34,35,42);3H2,1-2H3;2*1-2H3. The first-order valence-electron chi connectivity index (χ1n) is 18.8. The van der Waals surface area contributed by atoms with Gasteiger partial charge < -0.3 is 26.6 Å². The first-order chi connectivity index (χ1) is 23.9. The van der Waals surface area contributed by atoms with Crippen LogP contribution < -0.4 is 21.7 Å². The lowest BCUT2D eigenvalue weighted by Gasteiger charge is -2.38. The lowest BCUT2D eigenvalue weighted by molar-refractivity contribution is -0.143. The van der Waals surface area contributed by atoms with Crippen molar-refractivity contribution in [3.63, 3.8) is 0 Å². The Morgan fingerprint density at radius 3 is 1.98 bits per heavy atom. The molecule has 0 spiro atoms. The number of nitrogens with zero attached hydrogens (tertiary/aromatic N) is 2. The summed E-state index contributed by atoms with van der Waals surface area (Å²) < 4.78 is 3.24. The van der Waals surface area contributed by atoms with E-state index in [9.17, 15) is 24.0 Å². The van der Waals surface area contributed by atoms with Gasteiger partial charge in [0.25, 0.3) is 5.91 Å². The Kier molecular flexibility index (Phi) is 22.6. The van der Waals surface area contributed by atoms with Crippen molar-refractivity contribution in [1.82, 2.24) is 25.2 Å². The third-order valence-electron chi connectivity index (χ3n) is 8.43. The molecule has 1 aromatic rings. The van der Waals surface area contributed by atoms with Gasteiger partial charge in [-0.3, -0.25) is 19.2 Å². The van der Waals surface area contributed by atoms with E-state index in [-0.39, 0.29) is 23.3 Å². The van der Waals surface area contributed by atoms with E-state index in [1.165, 1.54) is 11.3 Å². The number of thiophene rings is 1. The van der Waals surface area contributed by atoms with E-state index in [1.807, 2.05) is 73.0 Å². The molecule has 11 nitrogen and oxygen atoms in total. The third-order valence-corrected chi connectivity index (χ3v) is 10.4. The van der Waals surface area contributed by atoms with Gasteiger partial charge in [-0.2, -0.15) is 0 Å². The van der Waals surface area contributed by atoms with Crippen LogP contribution in [-0.4, -0.2) is 83.0 Å². The summed E-state index contributed by atoms with van der Waals surface area (Å²) in [6.07, 6.45) is 5.56. The third kappa shape index (κ3) is 16.7. The zero-order chi connectivity index (χ0) is 39.5. The first-order valence-corrected chi connectivity index (χ1v) is 20.5. The molecule has 0 aromatic carbocycles. The minimum absolute atomic E-state index is 0.226. The van der Waals surface area contributed by atoms with Crippen molar-refractivity contribution in [3.8, 4) is 0 Å². The zero-order valence-corrected chi connectivity index (χ0v) is 35.4. The molecule has 5 N–H and O–H groups in total. The second-order valence-corrected chi connectivity index (χ2v) is 17.3. The van der Waals surface area contributed by atoms with Gasteiger partial charge in [0, 0.05) is 19.1 Å². The molecular weight excluding hydrogens is 685 g/mol. The molecule has 1 saturated carbocycles. The smallest absolute Gasteiger partial charge is 0.315 e. The molecule has 294 valence electrons. The fourth-order valence-electron chi connectivity index (χ4n) is 5.48. The average molecular weight is 755 g/mol. The minimum atomic E-state index is -1.08. The van der Waals surface area contributed by atoms with Crippen LogP contribution in [0.1, 0.15) is 128 Å². The Balaban J connectivity index is 0.00000333. The predicted molar refractivity (Wildman–Crippen MR) is 212 cm³/mol.